The SMILES string of the molecule is Cc1c(NC(C)Cc2ccc(Br)cc2)cccc1C(N)=O. The molecule has 3 nitrogen and oxygen atoms in total. The molecular weight excluding hydrogens is 328 g/mol. The highest BCUT2D eigenvalue weighted by atomic mass is 79.9. The van der Waals surface area contributed by atoms with E-state index in [1.807, 2.05) is 31.2 Å². The van der Waals surface area contributed by atoms with E-state index in [0.717, 1.165) is 22.1 Å². The Labute approximate surface area is 133 Å². The van der Waals surface area contributed by atoms with Crippen molar-refractivity contribution >= 4 is 27.5 Å². The van der Waals surface area contributed by atoms with Crippen LogP contribution in [0.15, 0.2) is 46.9 Å². The second kappa shape index (κ2) is 6.76. The number of rotatable bonds is 5. The van der Waals surface area contributed by atoms with Crippen molar-refractivity contribution in [2.75, 3.05) is 5.32 Å². The maximum absolute atomic E-state index is 11.4. The zero-order chi connectivity index (χ0) is 15.4. The van der Waals surface area contributed by atoms with Crippen molar-refractivity contribution in [3.8, 4) is 0 Å². The molecule has 0 saturated carbocycles. The lowest BCUT2D eigenvalue weighted by atomic mass is 10.0. The number of carbonyl (C=O) groups excluding carboxylic acids is 1. The monoisotopic (exact) mass is 346 g/mol. The van der Waals surface area contributed by atoms with E-state index in [-0.39, 0.29) is 6.04 Å². The van der Waals surface area contributed by atoms with Crippen LogP contribution >= 0.6 is 15.9 Å². The Hall–Kier alpha value is -1.81. The molecule has 110 valence electrons. The van der Waals surface area contributed by atoms with Gasteiger partial charge in [0.05, 0.1) is 0 Å². The largest absolute Gasteiger partial charge is 0.382 e. The van der Waals surface area contributed by atoms with E-state index in [1.165, 1.54) is 5.56 Å². The van der Waals surface area contributed by atoms with Crippen LogP contribution in [0.5, 0.6) is 0 Å². The molecule has 3 N–H and O–H groups in total. The third-order valence-electron chi connectivity index (χ3n) is 3.46. The molecule has 0 aliphatic carbocycles. The van der Waals surface area contributed by atoms with E-state index >= 15 is 0 Å². The van der Waals surface area contributed by atoms with Crippen molar-refractivity contribution < 1.29 is 4.79 Å². The average molecular weight is 347 g/mol. The van der Waals surface area contributed by atoms with E-state index < -0.39 is 5.91 Å². The zero-order valence-corrected chi connectivity index (χ0v) is 13.8. The lowest BCUT2D eigenvalue weighted by Gasteiger charge is -2.18. The number of hydrogen-bond donors (Lipinski definition) is 2. The first-order valence-electron chi connectivity index (χ1n) is 6.87. The molecular formula is C17H19BrN2O. The Morgan fingerprint density at radius 2 is 1.90 bits per heavy atom. The highest BCUT2D eigenvalue weighted by Crippen LogP contribution is 2.20. The maximum atomic E-state index is 11.4. The summed E-state index contributed by atoms with van der Waals surface area (Å²) in [7, 11) is 0. The number of carbonyl (C=O) groups is 1. The number of nitrogens with one attached hydrogen (secondary N) is 1. The van der Waals surface area contributed by atoms with Gasteiger partial charge in [0.15, 0.2) is 0 Å². The van der Waals surface area contributed by atoms with Crippen molar-refractivity contribution in [1.29, 1.82) is 0 Å². The Morgan fingerprint density at radius 1 is 1.24 bits per heavy atom. The Balaban J connectivity index is 2.09. The maximum Gasteiger partial charge on any atom is 0.249 e. The highest BCUT2D eigenvalue weighted by Gasteiger charge is 2.10. The third kappa shape index (κ3) is 4.08. The predicted molar refractivity (Wildman–Crippen MR) is 90.6 cm³/mol. The summed E-state index contributed by atoms with van der Waals surface area (Å²) in [5, 5.41) is 3.45. The Kier molecular flexibility index (Phi) is 5.02. The quantitative estimate of drug-likeness (QED) is 0.862. The lowest BCUT2D eigenvalue weighted by molar-refractivity contribution is 0.1000. The minimum Gasteiger partial charge on any atom is -0.382 e. The second-order valence-corrected chi connectivity index (χ2v) is 6.13. The Morgan fingerprint density at radius 3 is 2.52 bits per heavy atom. The van der Waals surface area contributed by atoms with Crippen molar-refractivity contribution in [3.63, 3.8) is 0 Å². The molecule has 0 saturated heterocycles. The van der Waals surface area contributed by atoms with Gasteiger partial charge >= 0.3 is 0 Å². The van der Waals surface area contributed by atoms with Crippen LogP contribution in [-0.2, 0) is 6.42 Å². The van der Waals surface area contributed by atoms with Gasteiger partial charge in [0.2, 0.25) is 5.91 Å². The number of nitrogens with two attached hydrogens (primary N) is 1. The van der Waals surface area contributed by atoms with Gasteiger partial charge in [0, 0.05) is 21.8 Å². The number of hydrogen-bond acceptors (Lipinski definition) is 2. The topological polar surface area (TPSA) is 55.1 Å². The number of halogens is 1. The standard InChI is InChI=1S/C17H19BrN2O/c1-11(10-13-6-8-14(18)9-7-13)20-16-5-3-4-15(12(16)2)17(19)21/h3-9,11,20H,10H2,1-2H3,(H2,19,21). The first-order valence-corrected chi connectivity index (χ1v) is 7.67. The molecule has 0 aromatic heterocycles. The minimum absolute atomic E-state index is 0.257. The number of benzene rings is 2. The fourth-order valence-corrected chi connectivity index (χ4v) is 2.61. The van der Waals surface area contributed by atoms with Gasteiger partial charge in [0.25, 0.3) is 0 Å². The molecule has 2 aromatic rings. The van der Waals surface area contributed by atoms with Crippen LogP contribution in [0.25, 0.3) is 0 Å². The molecule has 0 fully saturated rings. The first-order chi connectivity index (χ1) is 9.97. The van der Waals surface area contributed by atoms with Gasteiger partial charge in [-0.3, -0.25) is 4.79 Å². The zero-order valence-electron chi connectivity index (χ0n) is 12.2. The van der Waals surface area contributed by atoms with Crippen LogP contribution < -0.4 is 11.1 Å². The molecule has 1 amide bonds. The fraction of sp³-hybridized carbons (Fsp3) is 0.235. The van der Waals surface area contributed by atoms with Crippen LogP contribution in [0.2, 0.25) is 0 Å². The van der Waals surface area contributed by atoms with Crippen LogP contribution in [0.3, 0.4) is 0 Å². The van der Waals surface area contributed by atoms with Gasteiger partial charge < -0.3 is 11.1 Å². The predicted octanol–water partition coefficient (Wildman–Crippen LogP) is 3.90. The average Bonchev–Trinajstić information content (AvgIpc) is 2.43. The van der Waals surface area contributed by atoms with Crippen molar-refractivity contribution in [3.05, 3.63) is 63.6 Å². The van der Waals surface area contributed by atoms with Crippen LogP contribution in [0.1, 0.15) is 28.4 Å². The second-order valence-electron chi connectivity index (χ2n) is 5.22. The van der Waals surface area contributed by atoms with Gasteiger partial charge in [-0.05, 0) is 55.7 Å². The summed E-state index contributed by atoms with van der Waals surface area (Å²) in [5.74, 6) is -0.392. The van der Waals surface area contributed by atoms with E-state index in [0.29, 0.717) is 5.56 Å². The van der Waals surface area contributed by atoms with Gasteiger partial charge in [-0.25, -0.2) is 0 Å². The van der Waals surface area contributed by atoms with Crippen LogP contribution in [-0.4, -0.2) is 11.9 Å². The molecule has 0 aliphatic rings. The molecule has 0 aliphatic heterocycles. The van der Waals surface area contributed by atoms with Crippen molar-refractivity contribution in [2.24, 2.45) is 5.73 Å². The smallest absolute Gasteiger partial charge is 0.249 e. The molecule has 1 unspecified atom stereocenters. The van der Waals surface area contributed by atoms with Crippen molar-refractivity contribution in [1.82, 2.24) is 0 Å². The highest BCUT2D eigenvalue weighted by molar-refractivity contribution is 9.10. The number of primary amides is 1. The molecule has 2 aromatic carbocycles. The molecule has 0 spiro atoms. The number of amides is 1. The van der Waals surface area contributed by atoms with E-state index in [4.69, 9.17) is 5.73 Å². The molecule has 0 radical (unpaired) electrons. The van der Waals surface area contributed by atoms with E-state index in [9.17, 15) is 4.79 Å². The van der Waals surface area contributed by atoms with Gasteiger partial charge in [-0.2, -0.15) is 0 Å². The lowest BCUT2D eigenvalue weighted by Crippen LogP contribution is -2.20. The number of anilines is 1. The van der Waals surface area contributed by atoms with Gasteiger partial charge in [-0.15, -0.1) is 0 Å². The summed E-state index contributed by atoms with van der Waals surface area (Å²) in [4.78, 5) is 11.4. The van der Waals surface area contributed by atoms with Gasteiger partial charge in [-0.1, -0.05) is 34.1 Å². The normalized spacial score (nSPS) is 12.0. The molecule has 1 atom stereocenters. The molecule has 2 rings (SSSR count). The van der Waals surface area contributed by atoms with Crippen LogP contribution in [0.4, 0.5) is 5.69 Å². The molecule has 0 heterocycles. The molecule has 4 heteroatoms. The summed E-state index contributed by atoms with van der Waals surface area (Å²) in [6.45, 7) is 4.03. The summed E-state index contributed by atoms with van der Waals surface area (Å²) < 4.78 is 1.08. The summed E-state index contributed by atoms with van der Waals surface area (Å²) >= 11 is 3.44. The van der Waals surface area contributed by atoms with Gasteiger partial charge in [0.1, 0.15) is 0 Å². The van der Waals surface area contributed by atoms with Crippen molar-refractivity contribution in [2.45, 2.75) is 26.3 Å². The molecule has 21 heavy (non-hydrogen) atoms. The van der Waals surface area contributed by atoms with E-state index in [1.54, 1.807) is 6.07 Å². The Bertz CT molecular complexity index is 638. The van der Waals surface area contributed by atoms with E-state index in [2.05, 4.69) is 40.3 Å². The third-order valence-corrected chi connectivity index (χ3v) is 3.98. The minimum atomic E-state index is -0.392. The molecule has 0 bridgehead atoms. The fourth-order valence-electron chi connectivity index (χ4n) is 2.35. The summed E-state index contributed by atoms with van der Waals surface area (Å²) in [5.41, 5.74) is 9.06. The van der Waals surface area contributed by atoms with Crippen LogP contribution in [0, 0.1) is 6.92 Å². The first kappa shape index (κ1) is 15.6. The summed E-state index contributed by atoms with van der Waals surface area (Å²) in [6, 6.07) is 14.1. The summed E-state index contributed by atoms with van der Waals surface area (Å²) in [6.07, 6.45) is 0.910.